The van der Waals surface area contributed by atoms with Crippen LogP contribution >= 0.6 is 0 Å². The lowest BCUT2D eigenvalue weighted by Crippen LogP contribution is -2.36. The first kappa shape index (κ1) is 22.5. The van der Waals surface area contributed by atoms with Crippen LogP contribution in [0.3, 0.4) is 0 Å². The molecule has 0 atom stereocenters. The number of fused-ring (bicyclic) bond motifs is 1. The van der Waals surface area contributed by atoms with E-state index in [0.717, 1.165) is 38.5 Å². The average Bonchev–Trinajstić information content (AvgIpc) is 2.79. The minimum Gasteiger partial charge on any atom is -0.492 e. The molecule has 0 amide bonds. The standard InChI is InChI=1S/C22H30N2O5S2/c1-2-29-21-12-9-18-17-19(30(25,26)23-13-5-3-6-14-23)10-11-20(18)22(21)31(27,28)24-15-7-4-8-16-24/h9-12,17H,2-8,13-16H2,1H3. The molecule has 0 N–H and O–H groups in total. The van der Waals surface area contributed by atoms with E-state index in [4.69, 9.17) is 4.74 Å². The summed E-state index contributed by atoms with van der Waals surface area (Å²) >= 11 is 0. The minimum atomic E-state index is -3.76. The molecular weight excluding hydrogens is 436 g/mol. The molecule has 7 nitrogen and oxygen atoms in total. The van der Waals surface area contributed by atoms with Gasteiger partial charge in [-0.2, -0.15) is 8.61 Å². The summed E-state index contributed by atoms with van der Waals surface area (Å²) in [5.41, 5.74) is 0. The Morgan fingerprint density at radius 3 is 1.94 bits per heavy atom. The fourth-order valence-electron chi connectivity index (χ4n) is 4.44. The SMILES string of the molecule is CCOc1ccc2cc(S(=O)(=O)N3CCCCC3)ccc2c1S(=O)(=O)N1CCCCC1. The summed E-state index contributed by atoms with van der Waals surface area (Å²) in [5, 5.41) is 1.08. The summed E-state index contributed by atoms with van der Waals surface area (Å²) in [5.74, 6) is 0.312. The van der Waals surface area contributed by atoms with Crippen molar-refractivity contribution in [3.63, 3.8) is 0 Å². The van der Waals surface area contributed by atoms with Gasteiger partial charge in [-0.25, -0.2) is 16.8 Å². The Morgan fingerprint density at radius 2 is 1.35 bits per heavy atom. The zero-order chi connectivity index (χ0) is 22.1. The van der Waals surface area contributed by atoms with Crippen LogP contribution < -0.4 is 4.74 Å². The number of piperidine rings is 2. The van der Waals surface area contributed by atoms with Crippen LogP contribution in [0.1, 0.15) is 45.4 Å². The zero-order valence-corrected chi connectivity index (χ0v) is 19.6. The molecule has 0 bridgehead atoms. The molecule has 2 saturated heterocycles. The predicted octanol–water partition coefficient (Wildman–Crippen LogP) is 3.59. The fraction of sp³-hybridized carbons (Fsp3) is 0.545. The van der Waals surface area contributed by atoms with E-state index in [1.165, 1.54) is 14.7 Å². The molecular formula is C22H30N2O5S2. The van der Waals surface area contributed by atoms with E-state index in [-0.39, 0.29) is 9.79 Å². The summed E-state index contributed by atoms with van der Waals surface area (Å²) in [7, 11) is -7.36. The van der Waals surface area contributed by atoms with Crippen molar-refractivity contribution in [2.75, 3.05) is 32.8 Å². The number of rotatable bonds is 6. The number of nitrogens with zero attached hydrogens (tertiary/aromatic N) is 2. The highest BCUT2D eigenvalue weighted by Gasteiger charge is 2.32. The second-order valence-electron chi connectivity index (χ2n) is 8.14. The van der Waals surface area contributed by atoms with Gasteiger partial charge in [0.15, 0.2) is 0 Å². The van der Waals surface area contributed by atoms with E-state index in [2.05, 4.69) is 0 Å². The van der Waals surface area contributed by atoms with Gasteiger partial charge < -0.3 is 4.74 Å². The second kappa shape index (κ2) is 9.05. The van der Waals surface area contributed by atoms with E-state index in [1.54, 1.807) is 24.3 Å². The van der Waals surface area contributed by atoms with Gasteiger partial charge in [-0.3, -0.25) is 0 Å². The van der Waals surface area contributed by atoms with Gasteiger partial charge in [0.25, 0.3) is 0 Å². The van der Waals surface area contributed by atoms with E-state index < -0.39 is 20.0 Å². The largest absolute Gasteiger partial charge is 0.492 e. The van der Waals surface area contributed by atoms with Crippen molar-refractivity contribution in [1.29, 1.82) is 0 Å². The highest BCUT2D eigenvalue weighted by molar-refractivity contribution is 7.89. The highest BCUT2D eigenvalue weighted by Crippen LogP contribution is 2.36. The van der Waals surface area contributed by atoms with Crippen molar-refractivity contribution in [1.82, 2.24) is 8.61 Å². The first-order valence-corrected chi connectivity index (χ1v) is 13.9. The van der Waals surface area contributed by atoms with Gasteiger partial charge in [0.05, 0.1) is 11.5 Å². The Balaban J connectivity index is 1.82. The molecule has 0 spiro atoms. The van der Waals surface area contributed by atoms with Crippen molar-refractivity contribution < 1.29 is 21.6 Å². The third-order valence-electron chi connectivity index (χ3n) is 6.07. The Kier molecular flexibility index (Phi) is 6.57. The Hall–Kier alpha value is -1.68. The van der Waals surface area contributed by atoms with Gasteiger partial charge in [-0.1, -0.05) is 25.0 Å². The van der Waals surface area contributed by atoms with Crippen LogP contribution in [0.5, 0.6) is 5.75 Å². The molecule has 0 radical (unpaired) electrons. The number of benzene rings is 2. The molecule has 9 heteroatoms. The van der Waals surface area contributed by atoms with E-state index in [1.807, 2.05) is 6.92 Å². The molecule has 31 heavy (non-hydrogen) atoms. The zero-order valence-electron chi connectivity index (χ0n) is 17.9. The minimum absolute atomic E-state index is 0.135. The number of hydrogen-bond acceptors (Lipinski definition) is 5. The van der Waals surface area contributed by atoms with Crippen LogP contribution in [0, 0.1) is 0 Å². The van der Waals surface area contributed by atoms with Crippen LogP contribution in [-0.4, -0.2) is 58.2 Å². The molecule has 2 aliphatic rings. The normalized spacial score (nSPS) is 19.5. The first-order chi connectivity index (χ1) is 14.9. The predicted molar refractivity (Wildman–Crippen MR) is 120 cm³/mol. The van der Waals surface area contributed by atoms with Gasteiger partial charge in [-0.15, -0.1) is 0 Å². The van der Waals surface area contributed by atoms with Crippen molar-refractivity contribution in [3.8, 4) is 5.75 Å². The van der Waals surface area contributed by atoms with Gasteiger partial charge in [0.1, 0.15) is 10.6 Å². The summed E-state index contributed by atoms with van der Waals surface area (Å²) < 4.78 is 62.0. The van der Waals surface area contributed by atoms with Gasteiger partial charge in [-0.05, 0) is 56.2 Å². The monoisotopic (exact) mass is 466 g/mol. The molecule has 0 aromatic heterocycles. The summed E-state index contributed by atoms with van der Waals surface area (Å²) in [4.78, 5) is 0.336. The quantitative estimate of drug-likeness (QED) is 0.650. The molecule has 2 heterocycles. The van der Waals surface area contributed by atoms with E-state index >= 15 is 0 Å². The van der Waals surface area contributed by atoms with Crippen LogP contribution in [0.25, 0.3) is 10.8 Å². The first-order valence-electron chi connectivity index (χ1n) is 11.1. The topological polar surface area (TPSA) is 84.0 Å². The summed E-state index contributed by atoms with van der Waals surface area (Å²) in [6, 6.07) is 8.11. The summed E-state index contributed by atoms with van der Waals surface area (Å²) in [6.45, 7) is 4.19. The maximum atomic E-state index is 13.5. The van der Waals surface area contributed by atoms with Gasteiger partial charge in [0, 0.05) is 31.6 Å². The third kappa shape index (κ3) is 4.33. The second-order valence-corrected chi connectivity index (χ2v) is 12.0. The van der Waals surface area contributed by atoms with E-state index in [0.29, 0.717) is 49.3 Å². The van der Waals surface area contributed by atoms with Crippen molar-refractivity contribution >= 4 is 30.8 Å². The summed E-state index contributed by atoms with van der Waals surface area (Å²) in [6.07, 6.45) is 5.48. The van der Waals surface area contributed by atoms with Crippen LogP contribution in [0.15, 0.2) is 40.1 Å². The number of ether oxygens (including phenoxy) is 1. The highest BCUT2D eigenvalue weighted by atomic mass is 32.2. The number of hydrogen-bond donors (Lipinski definition) is 0. The van der Waals surface area contributed by atoms with Gasteiger partial charge >= 0.3 is 0 Å². The van der Waals surface area contributed by atoms with Gasteiger partial charge in [0.2, 0.25) is 20.0 Å². The molecule has 2 aromatic carbocycles. The Bertz CT molecular complexity index is 1150. The van der Waals surface area contributed by atoms with Crippen LogP contribution in [0.2, 0.25) is 0 Å². The third-order valence-corrected chi connectivity index (χ3v) is 9.95. The lowest BCUT2D eigenvalue weighted by molar-refractivity contribution is 0.324. The Morgan fingerprint density at radius 1 is 0.774 bits per heavy atom. The van der Waals surface area contributed by atoms with Crippen molar-refractivity contribution in [2.45, 2.75) is 55.2 Å². The molecule has 4 rings (SSSR count). The average molecular weight is 467 g/mol. The molecule has 0 aliphatic carbocycles. The lowest BCUT2D eigenvalue weighted by Gasteiger charge is -2.28. The number of sulfonamides is 2. The van der Waals surface area contributed by atoms with Crippen molar-refractivity contribution in [2.24, 2.45) is 0 Å². The maximum Gasteiger partial charge on any atom is 0.247 e. The van der Waals surface area contributed by atoms with Crippen molar-refractivity contribution in [3.05, 3.63) is 30.3 Å². The lowest BCUT2D eigenvalue weighted by atomic mass is 10.1. The van der Waals surface area contributed by atoms with Crippen LogP contribution in [0.4, 0.5) is 0 Å². The smallest absolute Gasteiger partial charge is 0.247 e. The fourth-order valence-corrected chi connectivity index (χ4v) is 7.84. The molecule has 0 saturated carbocycles. The molecule has 170 valence electrons. The Labute approximate surface area is 185 Å². The molecule has 2 aromatic rings. The molecule has 2 fully saturated rings. The molecule has 0 unspecified atom stereocenters. The maximum absolute atomic E-state index is 13.5. The van der Waals surface area contributed by atoms with Crippen LogP contribution in [-0.2, 0) is 20.0 Å². The molecule has 2 aliphatic heterocycles. The van der Waals surface area contributed by atoms with E-state index in [9.17, 15) is 16.8 Å².